The molecule has 1 aliphatic carbocycles. The number of amides is 2. The van der Waals surface area contributed by atoms with Gasteiger partial charge < -0.3 is 19.1 Å². The summed E-state index contributed by atoms with van der Waals surface area (Å²) in [6.45, 7) is 0.730. The number of hydrazone groups is 1. The molecule has 0 N–H and O–H groups in total. The van der Waals surface area contributed by atoms with Crippen LogP contribution in [0.3, 0.4) is 0 Å². The predicted molar refractivity (Wildman–Crippen MR) is 128 cm³/mol. The molecule has 1 heterocycles. The van der Waals surface area contributed by atoms with Gasteiger partial charge in [0.25, 0.3) is 5.91 Å². The van der Waals surface area contributed by atoms with E-state index in [1.807, 2.05) is 42.5 Å². The van der Waals surface area contributed by atoms with Crippen LogP contribution in [0.15, 0.2) is 53.6 Å². The summed E-state index contributed by atoms with van der Waals surface area (Å²) in [6, 6.07) is 15.1. The van der Waals surface area contributed by atoms with E-state index in [9.17, 15) is 9.59 Å². The average molecular weight is 466 g/mol. The monoisotopic (exact) mass is 465 g/mol. The number of rotatable bonds is 10. The molecule has 180 valence electrons. The zero-order valence-electron chi connectivity index (χ0n) is 19.9. The highest BCUT2D eigenvalue weighted by atomic mass is 16.5. The first kappa shape index (κ1) is 23.8. The molecule has 8 heteroatoms. The maximum Gasteiger partial charge on any atom is 0.262 e. The number of carbonyl (C=O) groups is 2. The van der Waals surface area contributed by atoms with E-state index < -0.39 is 0 Å². The predicted octanol–water partition coefficient (Wildman–Crippen LogP) is 3.27. The molecule has 34 heavy (non-hydrogen) atoms. The second kappa shape index (κ2) is 10.7. The van der Waals surface area contributed by atoms with E-state index in [2.05, 4.69) is 0 Å². The molecule has 0 bridgehead atoms. The van der Waals surface area contributed by atoms with Gasteiger partial charge in [0.1, 0.15) is 18.0 Å². The van der Waals surface area contributed by atoms with E-state index in [1.165, 1.54) is 5.01 Å². The van der Waals surface area contributed by atoms with Gasteiger partial charge in [0.05, 0.1) is 32.6 Å². The van der Waals surface area contributed by atoms with Crippen molar-refractivity contribution in [2.75, 3.05) is 41.0 Å². The molecular weight excluding hydrogens is 434 g/mol. The van der Waals surface area contributed by atoms with Crippen molar-refractivity contribution in [1.82, 2.24) is 9.91 Å². The third-order valence-corrected chi connectivity index (χ3v) is 6.20. The molecule has 1 aliphatic heterocycles. The van der Waals surface area contributed by atoms with Gasteiger partial charge in [-0.25, -0.2) is 5.01 Å². The SMILES string of the molecule is COCCN(CC(=O)N1N=C(c2ccc(OC)cc2OC)CC1c1ccccc1)C(=O)C1CC1. The van der Waals surface area contributed by atoms with Crippen molar-refractivity contribution in [3.8, 4) is 11.5 Å². The Morgan fingerprint density at radius 3 is 2.47 bits per heavy atom. The highest BCUT2D eigenvalue weighted by Crippen LogP contribution is 2.36. The standard InChI is InChI=1S/C26H31N3O5/c1-32-14-13-28(26(31)19-9-10-19)17-25(30)29-23(18-7-5-4-6-8-18)16-22(27-29)21-12-11-20(33-2)15-24(21)34-3/h4-8,11-12,15,19,23H,9-10,13-14,16-17H2,1-3H3. The number of hydrogen-bond donors (Lipinski definition) is 0. The van der Waals surface area contributed by atoms with Gasteiger partial charge in [-0.1, -0.05) is 30.3 Å². The number of hydrogen-bond acceptors (Lipinski definition) is 6. The van der Waals surface area contributed by atoms with Crippen LogP contribution >= 0.6 is 0 Å². The summed E-state index contributed by atoms with van der Waals surface area (Å²) in [5.74, 6) is 1.13. The number of carbonyl (C=O) groups excluding carboxylic acids is 2. The quantitative estimate of drug-likeness (QED) is 0.538. The lowest BCUT2D eigenvalue weighted by Crippen LogP contribution is -2.43. The molecule has 2 aliphatic rings. The van der Waals surface area contributed by atoms with Crippen molar-refractivity contribution in [3.05, 3.63) is 59.7 Å². The second-order valence-corrected chi connectivity index (χ2v) is 8.51. The summed E-state index contributed by atoms with van der Waals surface area (Å²) in [4.78, 5) is 27.9. The molecule has 2 aromatic rings. The fraction of sp³-hybridized carbons (Fsp3) is 0.423. The van der Waals surface area contributed by atoms with Crippen molar-refractivity contribution < 1.29 is 23.8 Å². The third-order valence-electron chi connectivity index (χ3n) is 6.20. The maximum atomic E-state index is 13.5. The average Bonchev–Trinajstić information content (AvgIpc) is 3.64. The van der Waals surface area contributed by atoms with E-state index in [-0.39, 0.29) is 30.3 Å². The molecule has 8 nitrogen and oxygen atoms in total. The van der Waals surface area contributed by atoms with Crippen LogP contribution in [-0.4, -0.2) is 68.5 Å². The molecule has 1 unspecified atom stereocenters. The second-order valence-electron chi connectivity index (χ2n) is 8.51. The highest BCUT2D eigenvalue weighted by Gasteiger charge is 2.38. The molecule has 0 radical (unpaired) electrons. The Bertz CT molecular complexity index is 1050. The summed E-state index contributed by atoms with van der Waals surface area (Å²) in [6.07, 6.45) is 2.30. The summed E-state index contributed by atoms with van der Waals surface area (Å²) >= 11 is 0. The molecule has 2 aromatic carbocycles. The van der Waals surface area contributed by atoms with Gasteiger partial charge >= 0.3 is 0 Å². The van der Waals surface area contributed by atoms with Crippen LogP contribution in [0.2, 0.25) is 0 Å². The molecule has 2 amide bonds. The molecule has 1 saturated carbocycles. The Kier molecular flexibility index (Phi) is 7.47. The van der Waals surface area contributed by atoms with Crippen molar-refractivity contribution in [3.63, 3.8) is 0 Å². The van der Waals surface area contributed by atoms with Crippen molar-refractivity contribution >= 4 is 17.5 Å². The molecule has 0 spiro atoms. The molecule has 1 atom stereocenters. The van der Waals surface area contributed by atoms with Gasteiger partial charge in [0.2, 0.25) is 5.91 Å². The van der Waals surface area contributed by atoms with Crippen molar-refractivity contribution in [2.24, 2.45) is 11.0 Å². The summed E-state index contributed by atoms with van der Waals surface area (Å²) in [7, 11) is 4.79. The third kappa shape index (κ3) is 5.22. The largest absolute Gasteiger partial charge is 0.497 e. The van der Waals surface area contributed by atoms with Gasteiger partial charge in [0, 0.05) is 37.6 Å². The minimum absolute atomic E-state index is 0.0156. The molecule has 0 aromatic heterocycles. The topological polar surface area (TPSA) is 80.7 Å². The van der Waals surface area contributed by atoms with Gasteiger partial charge in [0.15, 0.2) is 0 Å². The van der Waals surface area contributed by atoms with Crippen molar-refractivity contribution in [2.45, 2.75) is 25.3 Å². The lowest BCUT2D eigenvalue weighted by molar-refractivity contribution is -0.142. The van der Waals surface area contributed by atoms with E-state index in [0.29, 0.717) is 31.1 Å². The number of methoxy groups -OCH3 is 3. The fourth-order valence-corrected chi connectivity index (χ4v) is 4.17. The van der Waals surface area contributed by atoms with E-state index in [4.69, 9.17) is 19.3 Å². The first-order chi connectivity index (χ1) is 16.5. The summed E-state index contributed by atoms with van der Waals surface area (Å²) in [5.41, 5.74) is 2.54. The minimum atomic E-state index is -0.268. The van der Waals surface area contributed by atoms with E-state index in [1.54, 1.807) is 32.3 Å². The Morgan fingerprint density at radius 1 is 1.06 bits per heavy atom. The van der Waals surface area contributed by atoms with Crippen molar-refractivity contribution in [1.29, 1.82) is 0 Å². The molecule has 0 saturated heterocycles. The van der Waals surface area contributed by atoms with Crippen LogP contribution in [0.25, 0.3) is 0 Å². The first-order valence-corrected chi connectivity index (χ1v) is 11.5. The highest BCUT2D eigenvalue weighted by molar-refractivity contribution is 6.05. The Morgan fingerprint density at radius 2 is 1.82 bits per heavy atom. The minimum Gasteiger partial charge on any atom is -0.497 e. The zero-order chi connectivity index (χ0) is 24.1. The Balaban J connectivity index is 1.63. The smallest absolute Gasteiger partial charge is 0.262 e. The number of nitrogens with zero attached hydrogens (tertiary/aromatic N) is 3. The summed E-state index contributed by atoms with van der Waals surface area (Å²) in [5, 5.41) is 6.27. The van der Waals surface area contributed by atoms with Crippen LogP contribution in [0.1, 0.15) is 36.4 Å². The van der Waals surface area contributed by atoms with Crippen LogP contribution in [0.5, 0.6) is 11.5 Å². The molecular formula is C26H31N3O5. The number of ether oxygens (including phenoxy) is 3. The lowest BCUT2D eigenvalue weighted by Gasteiger charge is -2.27. The fourth-order valence-electron chi connectivity index (χ4n) is 4.17. The molecule has 4 rings (SSSR count). The van der Waals surface area contributed by atoms with E-state index in [0.717, 1.165) is 29.7 Å². The lowest BCUT2D eigenvalue weighted by atomic mass is 9.98. The maximum absolute atomic E-state index is 13.5. The first-order valence-electron chi connectivity index (χ1n) is 11.5. The van der Waals surface area contributed by atoms with Crippen LogP contribution in [-0.2, 0) is 14.3 Å². The zero-order valence-corrected chi connectivity index (χ0v) is 19.9. The van der Waals surface area contributed by atoms with Gasteiger partial charge in [-0.05, 0) is 30.5 Å². The van der Waals surface area contributed by atoms with Gasteiger partial charge in [-0.3, -0.25) is 9.59 Å². The Labute approximate surface area is 200 Å². The number of benzene rings is 2. The normalized spacial score (nSPS) is 17.3. The Hall–Kier alpha value is -3.39. The molecule has 1 fully saturated rings. The summed E-state index contributed by atoms with van der Waals surface area (Å²) < 4.78 is 16.1. The van der Waals surface area contributed by atoms with Gasteiger partial charge in [-0.15, -0.1) is 0 Å². The van der Waals surface area contributed by atoms with E-state index >= 15 is 0 Å². The van der Waals surface area contributed by atoms with Crippen LogP contribution in [0, 0.1) is 5.92 Å². The van der Waals surface area contributed by atoms with Gasteiger partial charge in [-0.2, -0.15) is 5.10 Å². The van der Waals surface area contributed by atoms with Crippen LogP contribution < -0.4 is 9.47 Å². The van der Waals surface area contributed by atoms with Crippen LogP contribution in [0.4, 0.5) is 0 Å².